The van der Waals surface area contributed by atoms with Crippen molar-refractivity contribution in [3.05, 3.63) is 42.0 Å². The zero-order valence-corrected chi connectivity index (χ0v) is 10.9. The smallest absolute Gasteiger partial charge is 0.243 e. The van der Waals surface area contributed by atoms with Crippen LogP contribution in [0, 0.1) is 6.92 Å². The highest BCUT2D eigenvalue weighted by atomic mass is 32.2. The molecule has 0 heterocycles. The minimum atomic E-state index is -3.50. The van der Waals surface area contributed by atoms with Crippen LogP contribution in [-0.4, -0.2) is 31.4 Å². The summed E-state index contributed by atoms with van der Waals surface area (Å²) in [5.41, 5.74) is 1.50. The standard InChI is InChI=1S/C12H17NO3S/c1-4-7-13(3)17(15,16)12-6-5-10(2)11(8-12)9-14/h4-6,8,14H,1,7,9H2,2-3H3. The molecule has 1 rings (SSSR count). The van der Waals surface area contributed by atoms with Crippen LogP contribution >= 0.6 is 0 Å². The van der Waals surface area contributed by atoms with E-state index >= 15 is 0 Å². The Balaban J connectivity index is 3.20. The number of likely N-dealkylation sites (N-methyl/N-ethyl adjacent to an activating group) is 1. The van der Waals surface area contributed by atoms with Gasteiger partial charge in [-0.1, -0.05) is 12.1 Å². The van der Waals surface area contributed by atoms with Gasteiger partial charge in [-0.05, 0) is 30.2 Å². The maximum Gasteiger partial charge on any atom is 0.243 e. The minimum Gasteiger partial charge on any atom is -0.392 e. The number of sulfonamides is 1. The molecule has 0 fully saturated rings. The van der Waals surface area contributed by atoms with Gasteiger partial charge in [0.2, 0.25) is 10.0 Å². The normalized spacial score (nSPS) is 11.8. The third kappa shape index (κ3) is 2.94. The van der Waals surface area contributed by atoms with Crippen LogP contribution in [0.5, 0.6) is 0 Å². The lowest BCUT2D eigenvalue weighted by atomic mass is 10.1. The van der Waals surface area contributed by atoms with Crippen molar-refractivity contribution in [2.45, 2.75) is 18.4 Å². The maximum absolute atomic E-state index is 12.1. The number of benzene rings is 1. The Morgan fingerprint density at radius 2 is 2.12 bits per heavy atom. The molecular formula is C12H17NO3S. The van der Waals surface area contributed by atoms with Crippen LogP contribution in [0.1, 0.15) is 11.1 Å². The highest BCUT2D eigenvalue weighted by Crippen LogP contribution is 2.18. The van der Waals surface area contributed by atoms with E-state index in [4.69, 9.17) is 5.11 Å². The van der Waals surface area contributed by atoms with Crippen LogP contribution in [0.2, 0.25) is 0 Å². The van der Waals surface area contributed by atoms with Crippen molar-refractivity contribution in [1.29, 1.82) is 0 Å². The summed E-state index contributed by atoms with van der Waals surface area (Å²) in [5, 5.41) is 9.13. The predicted molar refractivity (Wildman–Crippen MR) is 67.1 cm³/mol. The van der Waals surface area contributed by atoms with Crippen LogP contribution in [0.15, 0.2) is 35.7 Å². The summed E-state index contributed by atoms with van der Waals surface area (Å²) in [6.45, 7) is 5.43. The van der Waals surface area contributed by atoms with Gasteiger partial charge in [-0.2, -0.15) is 4.31 Å². The number of aryl methyl sites for hydroxylation is 1. The molecule has 0 saturated heterocycles. The van der Waals surface area contributed by atoms with Gasteiger partial charge in [-0.25, -0.2) is 8.42 Å². The topological polar surface area (TPSA) is 57.6 Å². The summed E-state index contributed by atoms with van der Waals surface area (Å²) in [4.78, 5) is 0.191. The van der Waals surface area contributed by atoms with E-state index in [0.29, 0.717) is 5.56 Å². The fraction of sp³-hybridized carbons (Fsp3) is 0.333. The monoisotopic (exact) mass is 255 g/mol. The second-order valence-electron chi connectivity index (χ2n) is 3.82. The molecule has 0 radical (unpaired) electrons. The Hall–Kier alpha value is -1.17. The van der Waals surface area contributed by atoms with Crippen molar-refractivity contribution < 1.29 is 13.5 Å². The molecule has 0 aromatic heterocycles. The molecule has 0 amide bonds. The summed E-state index contributed by atoms with van der Waals surface area (Å²) < 4.78 is 25.4. The molecule has 1 aromatic rings. The molecule has 4 nitrogen and oxygen atoms in total. The van der Waals surface area contributed by atoms with E-state index in [1.807, 2.05) is 6.92 Å². The van der Waals surface area contributed by atoms with Crippen LogP contribution in [0.25, 0.3) is 0 Å². The molecule has 0 aliphatic carbocycles. The summed E-state index contributed by atoms with van der Waals surface area (Å²) in [6.07, 6.45) is 1.53. The van der Waals surface area contributed by atoms with Crippen molar-refractivity contribution >= 4 is 10.0 Å². The number of nitrogens with zero attached hydrogens (tertiary/aromatic N) is 1. The third-order valence-electron chi connectivity index (χ3n) is 2.59. The first-order chi connectivity index (χ1) is 7.93. The van der Waals surface area contributed by atoms with Crippen LogP contribution < -0.4 is 0 Å². The lowest BCUT2D eigenvalue weighted by Crippen LogP contribution is -2.27. The zero-order valence-electron chi connectivity index (χ0n) is 10.0. The van der Waals surface area contributed by atoms with E-state index in [1.54, 1.807) is 12.1 Å². The Kier molecular flexibility index (Phi) is 4.45. The van der Waals surface area contributed by atoms with Gasteiger partial charge in [0.25, 0.3) is 0 Å². The van der Waals surface area contributed by atoms with Gasteiger partial charge in [-0.15, -0.1) is 6.58 Å². The minimum absolute atomic E-state index is 0.166. The van der Waals surface area contributed by atoms with Gasteiger partial charge in [-0.3, -0.25) is 0 Å². The first-order valence-corrected chi connectivity index (χ1v) is 6.65. The second-order valence-corrected chi connectivity index (χ2v) is 5.87. The highest BCUT2D eigenvalue weighted by Gasteiger charge is 2.20. The fourth-order valence-corrected chi connectivity index (χ4v) is 2.63. The first-order valence-electron chi connectivity index (χ1n) is 5.21. The molecule has 17 heavy (non-hydrogen) atoms. The molecule has 0 bridgehead atoms. The Morgan fingerprint density at radius 3 is 2.65 bits per heavy atom. The first kappa shape index (κ1) is 13.9. The van der Waals surface area contributed by atoms with Crippen LogP contribution in [0.3, 0.4) is 0 Å². The summed E-state index contributed by atoms with van der Waals surface area (Å²) in [6, 6.07) is 4.74. The highest BCUT2D eigenvalue weighted by molar-refractivity contribution is 7.89. The van der Waals surface area contributed by atoms with E-state index in [-0.39, 0.29) is 18.0 Å². The van der Waals surface area contributed by atoms with Crippen molar-refractivity contribution in [3.8, 4) is 0 Å². The molecule has 0 aliphatic rings. The van der Waals surface area contributed by atoms with Crippen molar-refractivity contribution in [2.24, 2.45) is 0 Å². The Morgan fingerprint density at radius 1 is 1.47 bits per heavy atom. The molecule has 1 aromatic carbocycles. The third-order valence-corrected chi connectivity index (χ3v) is 4.40. The van der Waals surface area contributed by atoms with Gasteiger partial charge in [0.1, 0.15) is 0 Å². The molecule has 5 heteroatoms. The number of rotatable bonds is 5. The van der Waals surface area contributed by atoms with Crippen LogP contribution in [0.4, 0.5) is 0 Å². The quantitative estimate of drug-likeness (QED) is 0.807. The Bertz CT molecular complexity index is 508. The SMILES string of the molecule is C=CCN(C)S(=O)(=O)c1ccc(C)c(CO)c1. The lowest BCUT2D eigenvalue weighted by molar-refractivity contribution is 0.280. The maximum atomic E-state index is 12.1. The zero-order chi connectivity index (χ0) is 13.1. The van der Waals surface area contributed by atoms with Gasteiger partial charge in [0.05, 0.1) is 11.5 Å². The molecule has 0 unspecified atom stereocenters. The van der Waals surface area contributed by atoms with Gasteiger partial charge in [0, 0.05) is 13.6 Å². The van der Waals surface area contributed by atoms with E-state index in [0.717, 1.165) is 5.56 Å². The molecule has 94 valence electrons. The second kappa shape index (κ2) is 5.44. The molecule has 0 atom stereocenters. The number of aliphatic hydroxyl groups excluding tert-OH is 1. The molecule has 1 N–H and O–H groups in total. The largest absolute Gasteiger partial charge is 0.392 e. The lowest BCUT2D eigenvalue weighted by Gasteiger charge is -2.16. The fourth-order valence-electron chi connectivity index (χ4n) is 1.44. The van der Waals surface area contributed by atoms with Crippen molar-refractivity contribution in [1.82, 2.24) is 4.31 Å². The number of aliphatic hydroxyl groups is 1. The average molecular weight is 255 g/mol. The van der Waals surface area contributed by atoms with E-state index in [2.05, 4.69) is 6.58 Å². The van der Waals surface area contributed by atoms with E-state index in [9.17, 15) is 8.42 Å². The summed E-state index contributed by atoms with van der Waals surface area (Å²) >= 11 is 0. The number of hydrogen-bond donors (Lipinski definition) is 1. The number of hydrogen-bond acceptors (Lipinski definition) is 3. The predicted octanol–water partition coefficient (Wildman–Crippen LogP) is 1.29. The Labute approximate surface area is 102 Å². The van der Waals surface area contributed by atoms with Gasteiger partial charge < -0.3 is 5.11 Å². The summed E-state index contributed by atoms with van der Waals surface area (Å²) in [7, 11) is -2.00. The van der Waals surface area contributed by atoms with E-state index in [1.165, 1.54) is 23.5 Å². The van der Waals surface area contributed by atoms with Crippen molar-refractivity contribution in [2.75, 3.05) is 13.6 Å². The molecule has 0 spiro atoms. The van der Waals surface area contributed by atoms with E-state index < -0.39 is 10.0 Å². The average Bonchev–Trinajstić information content (AvgIpc) is 2.29. The van der Waals surface area contributed by atoms with Crippen LogP contribution in [-0.2, 0) is 16.6 Å². The van der Waals surface area contributed by atoms with Gasteiger partial charge in [0.15, 0.2) is 0 Å². The van der Waals surface area contributed by atoms with Gasteiger partial charge >= 0.3 is 0 Å². The molecular weight excluding hydrogens is 238 g/mol. The molecule has 0 aliphatic heterocycles. The summed E-state index contributed by atoms with van der Waals surface area (Å²) in [5.74, 6) is 0. The molecule has 0 saturated carbocycles. The van der Waals surface area contributed by atoms with Crippen molar-refractivity contribution in [3.63, 3.8) is 0 Å².